The van der Waals surface area contributed by atoms with E-state index in [9.17, 15) is 4.79 Å². The van der Waals surface area contributed by atoms with Gasteiger partial charge in [-0.3, -0.25) is 4.79 Å². The normalized spacial score (nSPS) is 12.2. The lowest BCUT2D eigenvalue weighted by atomic mass is 10.3. The number of carbonyl (C=O) groups is 1. The van der Waals surface area contributed by atoms with Gasteiger partial charge in [0.2, 0.25) is 0 Å². The van der Waals surface area contributed by atoms with Gasteiger partial charge in [-0.2, -0.15) is 0 Å². The predicted molar refractivity (Wildman–Crippen MR) is 98.6 cm³/mol. The lowest BCUT2D eigenvalue weighted by Crippen LogP contribution is -2.36. The third kappa shape index (κ3) is 4.37. The fraction of sp³-hybridized carbons (Fsp3) is 0.176. The average Bonchev–Trinajstić information content (AvgIpc) is 2.97. The second-order valence-electron chi connectivity index (χ2n) is 5.40. The number of nitrogens with zero attached hydrogens (tertiary/aromatic N) is 2. The summed E-state index contributed by atoms with van der Waals surface area (Å²) in [6, 6.07) is 8.40. The van der Waals surface area contributed by atoms with Crippen LogP contribution in [0.2, 0.25) is 15.1 Å². The third-order valence-electron chi connectivity index (χ3n) is 3.48. The van der Waals surface area contributed by atoms with Crippen LogP contribution >= 0.6 is 34.8 Å². The van der Waals surface area contributed by atoms with Gasteiger partial charge in [0.15, 0.2) is 6.10 Å². The zero-order valence-corrected chi connectivity index (χ0v) is 15.4. The standard InChI is InChI=1S/C17H14Cl3N3O2/c1-10(25-15-4-2-11(18)6-14(15)20)17(24)21-7-13-9-23-8-12(19)3-5-16(23)22-13/h2-6,8-10H,7H2,1H3,(H,21,24). The van der Waals surface area contributed by atoms with E-state index < -0.39 is 6.10 Å². The molecule has 1 amide bonds. The van der Waals surface area contributed by atoms with Crippen molar-refractivity contribution in [1.29, 1.82) is 0 Å². The molecule has 0 aliphatic carbocycles. The summed E-state index contributed by atoms with van der Waals surface area (Å²) in [5.74, 6) is 0.122. The van der Waals surface area contributed by atoms with E-state index >= 15 is 0 Å². The fourth-order valence-electron chi connectivity index (χ4n) is 2.24. The van der Waals surface area contributed by atoms with Crippen LogP contribution in [-0.4, -0.2) is 21.4 Å². The monoisotopic (exact) mass is 397 g/mol. The zero-order chi connectivity index (χ0) is 18.0. The molecule has 2 heterocycles. The molecule has 0 saturated heterocycles. The maximum Gasteiger partial charge on any atom is 0.261 e. The van der Waals surface area contributed by atoms with E-state index in [0.29, 0.717) is 26.5 Å². The Labute approximate surface area is 159 Å². The Kier molecular flexibility index (Phi) is 5.37. The first-order valence-corrected chi connectivity index (χ1v) is 8.58. The van der Waals surface area contributed by atoms with Crippen LogP contribution in [0, 0.1) is 0 Å². The van der Waals surface area contributed by atoms with Crippen molar-refractivity contribution in [1.82, 2.24) is 14.7 Å². The molecule has 0 aliphatic rings. The number of hydrogen-bond acceptors (Lipinski definition) is 3. The van der Waals surface area contributed by atoms with Crippen molar-refractivity contribution in [3.63, 3.8) is 0 Å². The van der Waals surface area contributed by atoms with E-state index in [0.717, 1.165) is 5.65 Å². The minimum atomic E-state index is -0.717. The van der Waals surface area contributed by atoms with Gasteiger partial charge < -0.3 is 14.5 Å². The molecule has 0 saturated carbocycles. The molecule has 0 spiro atoms. The number of amides is 1. The minimum Gasteiger partial charge on any atom is -0.479 e. The Morgan fingerprint density at radius 2 is 1.96 bits per heavy atom. The molecular formula is C17H14Cl3N3O2. The van der Waals surface area contributed by atoms with Crippen LogP contribution in [0.25, 0.3) is 5.65 Å². The summed E-state index contributed by atoms with van der Waals surface area (Å²) in [7, 11) is 0. The molecule has 8 heteroatoms. The average molecular weight is 399 g/mol. The summed E-state index contributed by atoms with van der Waals surface area (Å²) in [5, 5.41) is 4.25. The molecule has 5 nitrogen and oxygen atoms in total. The number of fused-ring (bicyclic) bond motifs is 1. The highest BCUT2D eigenvalue weighted by atomic mass is 35.5. The Bertz CT molecular complexity index is 927. The number of carbonyl (C=O) groups excluding carboxylic acids is 1. The molecule has 0 aliphatic heterocycles. The number of benzene rings is 1. The van der Waals surface area contributed by atoms with Crippen molar-refractivity contribution in [2.45, 2.75) is 19.6 Å². The second-order valence-corrected chi connectivity index (χ2v) is 6.68. The van der Waals surface area contributed by atoms with Crippen LogP contribution in [0.3, 0.4) is 0 Å². The largest absolute Gasteiger partial charge is 0.479 e. The maximum atomic E-state index is 12.2. The number of halogens is 3. The summed E-state index contributed by atoms with van der Waals surface area (Å²) in [6.07, 6.45) is 2.84. The zero-order valence-electron chi connectivity index (χ0n) is 13.2. The topological polar surface area (TPSA) is 55.6 Å². The van der Waals surface area contributed by atoms with Gasteiger partial charge >= 0.3 is 0 Å². The van der Waals surface area contributed by atoms with E-state index in [4.69, 9.17) is 39.5 Å². The molecule has 1 aromatic carbocycles. The van der Waals surface area contributed by atoms with Crippen molar-refractivity contribution in [3.8, 4) is 5.75 Å². The van der Waals surface area contributed by atoms with Crippen LogP contribution in [0.1, 0.15) is 12.6 Å². The second kappa shape index (κ2) is 7.52. The lowest BCUT2D eigenvalue weighted by molar-refractivity contribution is -0.127. The smallest absolute Gasteiger partial charge is 0.261 e. The summed E-state index contributed by atoms with van der Waals surface area (Å²) in [6.45, 7) is 1.92. The molecule has 3 aromatic rings. The fourth-order valence-corrected chi connectivity index (χ4v) is 2.86. The van der Waals surface area contributed by atoms with Gasteiger partial charge in [-0.05, 0) is 37.3 Å². The summed E-state index contributed by atoms with van der Waals surface area (Å²) in [5.41, 5.74) is 1.47. The highest BCUT2D eigenvalue weighted by Gasteiger charge is 2.16. The number of imidazole rings is 1. The third-order valence-corrected chi connectivity index (χ3v) is 4.23. The summed E-state index contributed by atoms with van der Waals surface area (Å²) < 4.78 is 7.38. The highest BCUT2D eigenvalue weighted by molar-refractivity contribution is 6.35. The molecule has 1 N–H and O–H groups in total. The molecule has 2 aromatic heterocycles. The van der Waals surface area contributed by atoms with Crippen molar-refractivity contribution < 1.29 is 9.53 Å². The van der Waals surface area contributed by atoms with E-state index in [2.05, 4.69) is 10.3 Å². The van der Waals surface area contributed by atoms with Crippen LogP contribution in [-0.2, 0) is 11.3 Å². The first-order chi connectivity index (χ1) is 11.9. The Hall–Kier alpha value is -1.95. The Morgan fingerprint density at radius 1 is 1.20 bits per heavy atom. The van der Waals surface area contributed by atoms with Gasteiger partial charge in [0, 0.05) is 17.4 Å². The van der Waals surface area contributed by atoms with Gasteiger partial charge in [-0.25, -0.2) is 4.98 Å². The molecule has 0 bridgehead atoms. The molecule has 1 atom stereocenters. The van der Waals surface area contributed by atoms with E-state index in [1.165, 1.54) is 0 Å². The van der Waals surface area contributed by atoms with Crippen molar-refractivity contribution in [2.75, 3.05) is 0 Å². The van der Waals surface area contributed by atoms with Crippen LogP contribution < -0.4 is 10.1 Å². The molecule has 25 heavy (non-hydrogen) atoms. The van der Waals surface area contributed by atoms with Crippen LogP contribution in [0.5, 0.6) is 5.75 Å². The minimum absolute atomic E-state index is 0.277. The van der Waals surface area contributed by atoms with Crippen LogP contribution in [0.15, 0.2) is 42.7 Å². The number of rotatable bonds is 5. The molecule has 1 unspecified atom stereocenters. The number of ether oxygens (including phenoxy) is 1. The van der Waals surface area contributed by atoms with Gasteiger partial charge in [-0.1, -0.05) is 34.8 Å². The van der Waals surface area contributed by atoms with E-state index in [1.807, 2.05) is 12.3 Å². The number of pyridine rings is 1. The maximum absolute atomic E-state index is 12.2. The number of nitrogens with one attached hydrogen (secondary N) is 1. The van der Waals surface area contributed by atoms with Gasteiger partial charge in [0.05, 0.1) is 22.3 Å². The Balaban J connectivity index is 1.60. The quantitative estimate of drug-likeness (QED) is 0.694. The molecular weight excluding hydrogens is 385 g/mol. The number of hydrogen-bond donors (Lipinski definition) is 1. The van der Waals surface area contributed by atoms with Gasteiger partial charge in [0.25, 0.3) is 5.91 Å². The predicted octanol–water partition coefficient (Wildman–Crippen LogP) is 4.38. The number of aromatic nitrogens is 2. The first-order valence-electron chi connectivity index (χ1n) is 7.45. The molecule has 130 valence electrons. The van der Waals surface area contributed by atoms with Crippen molar-refractivity contribution >= 4 is 46.4 Å². The summed E-state index contributed by atoms with van der Waals surface area (Å²) in [4.78, 5) is 16.6. The van der Waals surface area contributed by atoms with Gasteiger partial charge in [0.1, 0.15) is 11.4 Å². The molecule has 0 radical (unpaired) electrons. The highest BCUT2D eigenvalue weighted by Crippen LogP contribution is 2.28. The SMILES string of the molecule is CC(Oc1ccc(Cl)cc1Cl)C(=O)NCc1cn2cc(Cl)ccc2n1. The summed E-state index contributed by atoms with van der Waals surface area (Å²) >= 11 is 17.8. The molecule has 3 rings (SSSR count). The molecule has 0 fully saturated rings. The Morgan fingerprint density at radius 3 is 2.72 bits per heavy atom. The van der Waals surface area contributed by atoms with Crippen LogP contribution in [0.4, 0.5) is 0 Å². The van der Waals surface area contributed by atoms with E-state index in [1.54, 1.807) is 41.8 Å². The van der Waals surface area contributed by atoms with E-state index in [-0.39, 0.29) is 12.5 Å². The van der Waals surface area contributed by atoms with Crippen molar-refractivity contribution in [2.24, 2.45) is 0 Å². The lowest BCUT2D eigenvalue weighted by Gasteiger charge is -2.15. The first kappa shape index (κ1) is 17.9. The van der Waals surface area contributed by atoms with Crippen molar-refractivity contribution in [3.05, 3.63) is 63.5 Å². The van der Waals surface area contributed by atoms with Gasteiger partial charge in [-0.15, -0.1) is 0 Å².